The second-order valence-corrected chi connectivity index (χ2v) is 4.32. The Morgan fingerprint density at radius 2 is 2.12 bits per heavy atom. The SMILES string of the molecule is CC1CN(C(=O)C(N)CC(=O)O)CCN1C. The van der Waals surface area contributed by atoms with Gasteiger partial charge in [-0.1, -0.05) is 0 Å². The van der Waals surface area contributed by atoms with Crippen LogP contribution in [0, 0.1) is 0 Å². The molecule has 1 saturated heterocycles. The third-order valence-electron chi connectivity index (χ3n) is 2.98. The number of carboxylic acids is 1. The van der Waals surface area contributed by atoms with Crippen LogP contribution in [0.1, 0.15) is 13.3 Å². The summed E-state index contributed by atoms with van der Waals surface area (Å²) < 4.78 is 0. The van der Waals surface area contributed by atoms with Gasteiger partial charge in [-0.2, -0.15) is 0 Å². The molecule has 1 amide bonds. The minimum Gasteiger partial charge on any atom is -0.481 e. The van der Waals surface area contributed by atoms with Crippen LogP contribution in [0.2, 0.25) is 0 Å². The zero-order valence-corrected chi connectivity index (χ0v) is 9.72. The summed E-state index contributed by atoms with van der Waals surface area (Å²) in [5, 5.41) is 8.57. The summed E-state index contributed by atoms with van der Waals surface area (Å²) in [5.41, 5.74) is 5.54. The minimum atomic E-state index is -1.04. The van der Waals surface area contributed by atoms with Crippen molar-refractivity contribution >= 4 is 11.9 Å². The summed E-state index contributed by atoms with van der Waals surface area (Å²) in [5.74, 6) is -1.30. The molecule has 1 aliphatic rings. The lowest BCUT2D eigenvalue weighted by molar-refractivity contribution is -0.143. The van der Waals surface area contributed by atoms with E-state index in [0.29, 0.717) is 13.1 Å². The number of aliphatic carboxylic acids is 1. The number of piperazine rings is 1. The first kappa shape index (κ1) is 12.9. The molecule has 0 aromatic carbocycles. The molecule has 0 aliphatic carbocycles. The van der Waals surface area contributed by atoms with E-state index in [1.807, 2.05) is 14.0 Å². The second kappa shape index (κ2) is 5.27. The average molecular weight is 229 g/mol. The van der Waals surface area contributed by atoms with Crippen LogP contribution >= 0.6 is 0 Å². The summed E-state index contributed by atoms with van der Waals surface area (Å²) in [6.07, 6.45) is -0.306. The average Bonchev–Trinajstić information content (AvgIpc) is 2.20. The van der Waals surface area contributed by atoms with Gasteiger partial charge in [-0.15, -0.1) is 0 Å². The van der Waals surface area contributed by atoms with Crippen molar-refractivity contribution in [2.45, 2.75) is 25.4 Å². The van der Waals surface area contributed by atoms with Gasteiger partial charge in [-0.05, 0) is 14.0 Å². The minimum absolute atomic E-state index is 0.262. The first-order valence-electron chi connectivity index (χ1n) is 5.38. The molecule has 1 heterocycles. The fourth-order valence-corrected chi connectivity index (χ4v) is 1.76. The van der Waals surface area contributed by atoms with Gasteiger partial charge in [0.25, 0.3) is 0 Å². The second-order valence-electron chi connectivity index (χ2n) is 4.32. The standard InChI is InChI=1S/C10H19N3O3/c1-7-6-13(4-3-12(7)2)10(16)8(11)5-9(14)15/h7-8H,3-6,11H2,1-2H3,(H,14,15). The number of amides is 1. The van der Waals surface area contributed by atoms with Crippen LogP contribution < -0.4 is 5.73 Å². The Morgan fingerprint density at radius 3 is 2.62 bits per heavy atom. The van der Waals surface area contributed by atoms with E-state index in [9.17, 15) is 9.59 Å². The molecule has 1 aliphatic heterocycles. The van der Waals surface area contributed by atoms with Crippen LogP contribution in [0.25, 0.3) is 0 Å². The summed E-state index contributed by atoms with van der Waals surface area (Å²) in [6, 6.07) is -0.636. The highest BCUT2D eigenvalue weighted by molar-refractivity contribution is 5.86. The Bertz CT molecular complexity index is 282. The number of nitrogens with zero attached hydrogens (tertiary/aromatic N) is 2. The molecule has 16 heavy (non-hydrogen) atoms. The molecule has 0 aromatic rings. The van der Waals surface area contributed by atoms with Crippen molar-refractivity contribution in [1.82, 2.24) is 9.80 Å². The van der Waals surface area contributed by atoms with Gasteiger partial charge in [-0.25, -0.2) is 0 Å². The molecule has 0 saturated carbocycles. The first-order chi connectivity index (χ1) is 7.41. The van der Waals surface area contributed by atoms with Crippen molar-refractivity contribution in [3.8, 4) is 0 Å². The van der Waals surface area contributed by atoms with Crippen LogP contribution in [0.3, 0.4) is 0 Å². The lowest BCUT2D eigenvalue weighted by Gasteiger charge is -2.38. The van der Waals surface area contributed by atoms with Crippen LogP contribution in [0.4, 0.5) is 0 Å². The number of nitrogens with two attached hydrogens (primary N) is 1. The fraction of sp³-hybridized carbons (Fsp3) is 0.800. The summed E-state index contributed by atoms with van der Waals surface area (Å²) in [6.45, 7) is 4.06. The topological polar surface area (TPSA) is 86.9 Å². The zero-order chi connectivity index (χ0) is 12.3. The Balaban J connectivity index is 2.51. The van der Waals surface area contributed by atoms with Gasteiger partial charge in [-0.3, -0.25) is 9.59 Å². The van der Waals surface area contributed by atoms with E-state index in [2.05, 4.69) is 4.90 Å². The number of hydrogen-bond donors (Lipinski definition) is 2. The van der Waals surface area contributed by atoms with Crippen LogP contribution in [0.15, 0.2) is 0 Å². The summed E-state index contributed by atoms with van der Waals surface area (Å²) >= 11 is 0. The Hall–Kier alpha value is -1.14. The molecule has 92 valence electrons. The predicted molar refractivity (Wildman–Crippen MR) is 58.9 cm³/mol. The summed E-state index contributed by atoms with van der Waals surface area (Å²) in [4.78, 5) is 26.1. The van der Waals surface area contributed by atoms with E-state index in [1.165, 1.54) is 0 Å². The zero-order valence-electron chi connectivity index (χ0n) is 9.72. The lowest BCUT2D eigenvalue weighted by atomic mass is 10.1. The van der Waals surface area contributed by atoms with Gasteiger partial charge in [0.15, 0.2) is 0 Å². The summed E-state index contributed by atoms with van der Waals surface area (Å²) in [7, 11) is 2.00. The number of carboxylic acid groups (broad SMARTS) is 1. The Labute approximate surface area is 95.0 Å². The third-order valence-corrected chi connectivity index (χ3v) is 2.98. The van der Waals surface area contributed by atoms with E-state index in [4.69, 9.17) is 10.8 Å². The maximum absolute atomic E-state index is 11.8. The molecule has 0 bridgehead atoms. The normalized spacial score (nSPS) is 24.2. The molecule has 6 nitrogen and oxygen atoms in total. The van der Waals surface area contributed by atoms with Crippen molar-refractivity contribution in [3.05, 3.63) is 0 Å². The number of likely N-dealkylation sites (N-methyl/N-ethyl adjacent to an activating group) is 1. The van der Waals surface area contributed by atoms with E-state index in [0.717, 1.165) is 6.54 Å². The number of hydrogen-bond acceptors (Lipinski definition) is 4. The fourth-order valence-electron chi connectivity index (χ4n) is 1.76. The van der Waals surface area contributed by atoms with Crippen LogP contribution in [-0.2, 0) is 9.59 Å². The molecule has 0 aromatic heterocycles. The van der Waals surface area contributed by atoms with Crippen LogP contribution in [0.5, 0.6) is 0 Å². The van der Waals surface area contributed by atoms with Crippen molar-refractivity contribution in [2.75, 3.05) is 26.7 Å². The third kappa shape index (κ3) is 3.18. The molecular formula is C10H19N3O3. The lowest BCUT2D eigenvalue weighted by Crippen LogP contribution is -2.55. The van der Waals surface area contributed by atoms with Crippen molar-refractivity contribution in [3.63, 3.8) is 0 Å². The number of carbonyl (C=O) groups excluding carboxylic acids is 1. The Morgan fingerprint density at radius 1 is 1.50 bits per heavy atom. The van der Waals surface area contributed by atoms with Gasteiger partial charge >= 0.3 is 5.97 Å². The quantitative estimate of drug-likeness (QED) is 0.645. The molecule has 1 fully saturated rings. The van der Waals surface area contributed by atoms with Crippen molar-refractivity contribution in [1.29, 1.82) is 0 Å². The highest BCUT2D eigenvalue weighted by Crippen LogP contribution is 2.08. The van der Waals surface area contributed by atoms with E-state index in [-0.39, 0.29) is 18.4 Å². The maximum atomic E-state index is 11.8. The largest absolute Gasteiger partial charge is 0.481 e. The highest BCUT2D eigenvalue weighted by Gasteiger charge is 2.28. The van der Waals surface area contributed by atoms with Crippen molar-refractivity contribution in [2.24, 2.45) is 5.73 Å². The van der Waals surface area contributed by atoms with Crippen LogP contribution in [-0.4, -0.2) is 65.5 Å². The van der Waals surface area contributed by atoms with Gasteiger partial charge in [0.05, 0.1) is 12.5 Å². The molecule has 0 radical (unpaired) electrons. The van der Waals surface area contributed by atoms with E-state index < -0.39 is 12.0 Å². The molecule has 1 rings (SSSR count). The number of carbonyl (C=O) groups is 2. The molecule has 0 spiro atoms. The van der Waals surface area contributed by atoms with E-state index in [1.54, 1.807) is 4.90 Å². The van der Waals surface area contributed by atoms with Crippen molar-refractivity contribution < 1.29 is 14.7 Å². The Kier molecular flexibility index (Phi) is 4.26. The first-order valence-corrected chi connectivity index (χ1v) is 5.38. The van der Waals surface area contributed by atoms with Gasteiger partial charge in [0.1, 0.15) is 0 Å². The monoisotopic (exact) mass is 229 g/mol. The smallest absolute Gasteiger partial charge is 0.305 e. The maximum Gasteiger partial charge on any atom is 0.305 e. The van der Waals surface area contributed by atoms with Gasteiger partial charge in [0, 0.05) is 25.7 Å². The van der Waals surface area contributed by atoms with Gasteiger partial charge in [0.2, 0.25) is 5.91 Å². The highest BCUT2D eigenvalue weighted by atomic mass is 16.4. The molecular weight excluding hydrogens is 210 g/mol. The van der Waals surface area contributed by atoms with E-state index >= 15 is 0 Å². The molecule has 2 atom stereocenters. The molecule has 3 N–H and O–H groups in total. The molecule has 6 heteroatoms. The predicted octanol–water partition coefficient (Wildman–Crippen LogP) is -1.05. The molecule has 2 unspecified atom stereocenters. The number of rotatable bonds is 3. The van der Waals surface area contributed by atoms with Gasteiger partial charge < -0.3 is 20.6 Å².